The minimum absolute atomic E-state index is 0.351. The third-order valence-corrected chi connectivity index (χ3v) is 3.53. The second-order valence-electron chi connectivity index (χ2n) is 5.13. The summed E-state index contributed by atoms with van der Waals surface area (Å²) in [6.45, 7) is 4.32. The lowest BCUT2D eigenvalue weighted by Crippen LogP contribution is -2.20. The van der Waals surface area contributed by atoms with Crippen LogP contribution in [0.15, 0.2) is 42.5 Å². The monoisotopic (exact) mass is 273 g/mol. The van der Waals surface area contributed by atoms with Gasteiger partial charge in [-0.05, 0) is 37.1 Å². The highest BCUT2D eigenvalue weighted by atomic mass is 19.1. The van der Waals surface area contributed by atoms with E-state index in [1.165, 1.54) is 17.2 Å². The van der Waals surface area contributed by atoms with Gasteiger partial charge in [0.25, 0.3) is 0 Å². The van der Waals surface area contributed by atoms with Gasteiger partial charge in [0.2, 0.25) is 0 Å². The zero-order valence-corrected chi connectivity index (χ0v) is 12.1. The fourth-order valence-corrected chi connectivity index (χ4v) is 2.40. The van der Waals surface area contributed by atoms with Crippen molar-refractivity contribution in [2.75, 3.05) is 11.9 Å². The van der Waals surface area contributed by atoms with E-state index in [-0.39, 0.29) is 5.82 Å². The van der Waals surface area contributed by atoms with Gasteiger partial charge in [0.1, 0.15) is 5.82 Å². The number of nitrogens with zero attached hydrogens (tertiary/aromatic N) is 1. The molecule has 1 N–H and O–H groups in total. The first kappa shape index (κ1) is 14.5. The number of aliphatic hydroxyl groups excluding tert-OH is 1. The van der Waals surface area contributed by atoms with E-state index in [1.807, 2.05) is 30.1 Å². The number of halogens is 1. The van der Waals surface area contributed by atoms with Gasteiger partial charge < -0.3 is 10.0 Å². The molecular formula is C17H20FNO. The number of hydrogen-bond acceptors (Lipinski definition) is 2. The van der Waals surface area contributed by atoms with Crippen LogP contribution in [0, 0.1) is 12.7 Å². The summed E-state index contributed by atoms with van der Waals surface area (Å²) in [7, 11) is 1.91. The van der Waals surface area contributed by atoms with Gasteiger partial charge in [-0.15, -0.1) is 0 Å². The molecule has 0 aromatic heterocycles. The lowest BCUT2D eigenvalue weighted by atomic mass is 10.0. The fourth-order valence-electron chi connectivity index (χ4n) is 2.40. The maximum absolute atomic E-state index is 13.9. The highest BCUT2D eigenvalue weighted by Crippen LogP contribution is 2.29. The Hall–Kier alpha value is -1.87. The SMILES string of the molecule is Cc1ccccc1CN(C)c1cccc(F)c1C(C)O. The van der Waals surface area contributed by atoms with Crippen molar-refractivity contribution in [1.29, 1.82) is 0 Å². The molecule has 0 aliphatic carbocycles. The van der Waals surface area contributed by atoms with E-state index in [1.54, 1.807) is 13.0 Å². The summed E-state index contributed by atoms with van der Waals surface area (Å²) in [6.07, 6.45) is -0.828. The summed E-state index contributed by atoms with van der Waals surface area (Å²) >= 11 is 0. The summed E-state index contributed by atoms with van der Waals surface area (Å²) < 4.78 is 13.9. The molecule has 1 unspecified atom stereocenters. The molecule has 1 atom stereocenters. The first-order valence-corrected chi connectivity index (χ1v) is 6.73. The predicted molar refractivity (Wildman–Crippen MR) is 80.3 cm³/mol. The van der Waals surface area contributed by atoms with Gasteiger partial charge in [0.15, 0.2) is 0 Å². The molecule has 2 aromatic carbocycles. The van der Waals surface area contributed by atoms with Crippen molar-refractivity contribution in [2.24, 2.45) is 0 Å². The van der Waals surface area contributed by atoms with Crippen LogP contribution in [-0.4, -0.2) is 12.2 Å². The summed E-state index contributed by atoms with van der Waals surface area (Å²) in [6, 6.07) is 13.0. The highest BCUT2D eigenvalue weighted by molar-refractivity contribution is 5.55. The molecule has 106 valence electrons. The Bertz CT molecular complexity index is 595. The molecule has 2 nitrogen and oxygen atoms in total. The quantitative estimate of drug-likeness (QED) is 0.915. The van der Waals surface area contributed by atoms with Crippen LogP contribution in [0.3, 0.4) is 0 Å². The van der Waals surface area contributed by atoms with Crippen LogP contribution in [0.5, 0.6) is 0 Å². The maximum atomic E-state index is 13.9. The van der Waals surface area contributed by atoms with Crippen molar-refractivity contribution < 1.29 is 9.50 Å². The van der Waals surface area contributed by atoms with E-state index < -0.39 is 6.10 Å². The summed E-state index contributed by atoms with van der Waals surface area (Å²) in [5.74, 6) is -0.367. The van der Waals surface area contributed by atoms with Gasteiger partial charge in [-0.25, -0.2) is 4.39 Å². The van der Waals surface area contributed by atoms with Gasteiger partial charge in [-0.2, -0.15) is 0 Å². The second kappa shape index (κ2) is 6.06. The number of benzene rings is 2. The predicted octanol–water partition coefficient (Wildman–Crippen LogP) is 3.82. The smallest absolute Gasteiger partial charge is 0.131 e. The van der Waals surface area contributed by atoms with Crippen LogP contribution < -0.4 is 4.90 Å². The molecule has 0 saturated heterocycles. The Morgan fingerprint density at radius 2 is 1.85 bits per heavy atom. The molecule has 2 aromatic rings. The van der Waals surface area contributed by atoms with E-state index in [4.69, 9.17) is 0 Å². The van der Waals surface area contributed by atoms with Crippen molar-refractivity contribution in [3.05, 3.63) is 65.0 Å². The Morgan fingerprint density at radius 3 is 2.50 bits per heavy atom. The lowest BCUT2D eigenvalue weighted by molar-refractivity contribution is 0.194. The van der Waals surface area contributed by atoms with E-state index in [2.05, 4.69) is 19.1 Å². The van der Waals surface area contributed by atoms with Gasteiger partial charge in [-0.3, -0.25) is 0 Å². The third-order valence-electron chi connectivity index (χ3n) is 3.53. The number of hydrogen-bond donors (Lipinski definition) is 1. The van der Waals surface area contributed by atoms with Crippen LogP contribution in [0.2, 0.25) is 0 Å². The lowest BCUT2D eigenvalue weighted by Gasteiger charge is -2.24. The molecule has 0 aliphatic rings. The highest BCUT2D eigenvalue weighted by Gasteiger charge is 2.16. The summed E-state index contributed by atoms with van der Waals surface area (Å²) in [5, 5.41) is 9.79. The van der Waals surface area contributed by atoms with E-state index in [0.29, 0.717) is 12.1 Å². The van der Waals surface area contributed by atoms with E-state index in [9.17, 15) is 9.50 Å². The fraction of sp³-hybridized carbons (Fsp3) is 0.294. The van der Waals surface area contributed by atoms with Crippen molar-refractivity contribution in [2.45, 2.75) is 26.5 Å². The zero-order valence-electron chi connectivity index (χ0n) is 12.1. The standard InChI is InChI=1S/C17H20FNO/c1-12-7-4-5-8-14(12)11-19(3)16-10-6-9-15(18)17(16)13(2)20/h4-10,13,20H,11H2,1-3H3. The summed E-state index contributed by atoms with van der Waals surface area (Å²) in [5.41, 5.74) is 3.47. The van der Waals surface area contributed by atoms with Gasteiger partial charge in [0.05, 0.1) is 6.10 Å². The second-order valence-corrected chi connectivity index (χ2v) is 5.13. The van der Waals surface area contributed by atoms with Crippen LogP contribution in [0.25, 0.3) is 0 Å². The molecule has 0 bridgehead atoms. The van der Waals surface area contributed by atoms with Gasteiger partial charge >= 0.3 is 0 Å². The van der Waals surface area contributed by atoms with Gasteiger partial charge in [-0.1, -0.05) is 30.3 Å². The number of aryl methyl sites for hydroxylation is 1. The molecule has 3 heteroatoms. The molecule has 0 fully saturated rings. The molecular weight excluding hydrogens is 253 g/mol. The largest absolute Gasteiger partial charge is 0.389 e. The van der Waals surface area contributed by atoms with Crippen molar-refractivity contribution >= 4 is 5.69 Å². The minimum Gasteiger partial charge on any atom is -0.389 e. The molecule has 2 rings (SSSR count). The molecule has 0 aliphatic heterocycles. The number of aliphatic hydroxyl groups is 1. The molecule has 0 radical (unpaired) electrons. The van der Waals surface area contributed by atoms with Crippen molar-refractivity contribution in [1.82, 2.24) is 0 Å². The van der Waals surface area contributed by atoms with Crippen LogP contribution in [0.4, 0.5) is 10.1 Å². The minimum atomic E-state index is -0.828. The Kier molecular flexibility index (Phi) is 4.40. The van der Waals surface area contributed by atoms with Crippen LogP contribution in [0.1, 0.15) is 29.7 Å². The third kappa shape index (κ3) is 2.99. The molecule has 0 amide bonds. The van der Waals surface area contributed by atoms with Crippen molar-refractivity contribution in [3.8, 4) is 0 Å². The summed E-state index contributed by atoms with van der Waals surface area (Å²) in [4.78, 5) is 1.97. The number of anilines is 1. The Balaban J connectivity index is 2.33. The zero-order chi connectivity index (χ0) is 14.7. The van der Waals surface area contributed by atoms with Crippen molar-refractivity contribution in [3.63, 3.8) is 0 Å². The Morgan fingerprint density at radius 1 is 1.15 bits per heavy atom. The average molecular weight is 273 g/mol. The van der Waals surface area contributed by atoms with Crippen LogP contribution >= 0.6 is 0 Å². The molecule has 0 saturated carbocycles. The number of rotatable bonds is 4. The first-order chi connectivity index (χ1) is 9.50. The molecule has 0 spiro atoms. The van der Waals surface area contributed by atoms with Crippen LogP contribution in [-0.2, 0) is 6.54 Å². The molecule has 20 heavy (non-hydrogen) atoms. The molecule has 0 heterocycles. The average Bonchev–Trinajstić information content (AvgIpc) is 2.40. The maximum Gasteiger partial charge on any atom is 0.131 e. The van der Waals surface area contributed by atoms with E-state index in [0.717, 1.165) is 5.69 Å². The van der Waals surface area contributed by atoms with Gasteiger partial charge in [0, 0.05) is 24.8 Å². The topological polar surface area (TPSA) is 23.5 Å². The van der Waals surface area contributed by atoms with E-state index >= 15 is 0 Å². The Labute approximate surface area is 119 Å². The normalized spacial score (nSPS) is 12.2. The first-order valence-electron chi connectivity index (χ1n) is 6.73.